The molecule has 0 fully saturated rings. The fourth-order valence-corrected chi connectivity index (χ4v) is 2.03. The highest BCUT2D eigenvalue weighted by Crippen LogP contribution is 2.16. The molecular weight excluding hydrogens is 284 g/mol. The van der Waals surface area contributed by atoms with Crippen molar-refractivity contribution in [2.75, 3.05) is 20.7 Å². The number of nitrogens with zero attached hydrogens (tertiary/aromatic N) is 3. The van der Waals surface area contributed by atoms with Crippen molar-refractivity contribution in [3.05, 3.63) is 41.5 Å². The number of benzene rings is 1. The monoisotopic (exact) mass is 304 g/mol. The molecule has 1 heterocycles. The number of hydrogen-bond donors (Lipinski definition) is 1. The zero-order chi connectivity index (χ0) is 15.9. The Morgan fingerprint density at radius 3 is 2.86 bits per heavy atom. The topological polar surface area (TPSA) is 80.5 Å². The zero-order valence-corrected chi connectivity index (χ0v) is 13.0. The van der Waals surface area contributed by atoms with E-state index in [4.69, 9.17) is 9.26 Å². The molecule has 0 aliphatic carbocycles. The van der Waals surface area contributed by atoms with Crippen LogP contribution in [0.3, 0.4) is 0 Å². The molecule has 0 bridgehead atoms. The summed E-state index contributed by atoms with van der Waals surface area (Å²) in [6.45, 7) is 2.86. The Kier molecular flexibility index (Phi) is 5.48. The van der Waals surface area contributed by atoms with Crippen molar-refractivity contribution in [2.45, 2.75) is 20.0 Å². The number of rotatable bonds is 7. The molecule has 2 rings (SSSR count). The number of carbonyl (C=O) groups is 1. The molecular formula is C15H20N4O3. The van der Waals surface area contributed by atoms with Gasteiger partial charge in [-0.3, -0.25) is 9.69 Å². The zero-order valence-electron chi connectivity index (χ0n) is 13.0. The molecule has 118 valence electrons. The van der Waals surface area contributed by atoms with Gasteiger partial charge in [0.2, 0.25) is 11.8 Å². The van der Waals surface area contributed by atoms with Crippen LogP contribution < -0.4 is 10.1 Å². The molecule has 7 heteroatoms. The second-order valence-electron chi connectivity index (χ2n) is 5.00. The summed E-state index contributed by atoms with van der Waals surface area (Å²) in [6.07, 6.45) is 0. The number of methoxy groups -OCH3 is 1. The van der Waals surface area contributed by atoms with E-state index in [1.54, 1.807) is 14.0 Å². The van der Waals surface area contributed by atoms with Crippen molar-refractivity contribution < 1.29 is 14.1 Å². The summed E-state index contributed by atoms with van der Waals surface area (Å²) in [5.74, 6) is 1.77. The first kappa shape index (κ1) is 16.0. The number of nitrogens with one attached hydrogen (secondary N) is 1. The maximum Gasteiger partial charge on any atom is 0.240 e. The number of aryl methyl sites for hydroxylation is 1. The summed E-state index contributed by atoms with van der Waals surface area (Å²) in [4.78, 5) is 17.9. The Balaban J connectivity index is 1.80. The minimum Gasteiger partial charge on any atom is -0.496 e. The summed E-state index contributed by atoms with van der Waals surface area (Å²) in [7, 11) is 3.43. The fourth-order valence-electron chi connectivity index (χ4n) is 2.03. The first-order valence-electron chi connectivity index (χ1n) is 6.95. The number of likely N-dealkylation sites (N-methyl/N-ethyl adjacent to an activating group) is 1. The van der Waals surface area contributed by atoms with Crippen LogP contribution in [0, 0.1) is 6.92 Å². The first-order valence-corrected chi connectivity index (χ1v) is 6.95. The molecule has 0 atom stereocenters. The van der Waals surface area contributed by atoms with Crippen LogP contribution in [0.2, 0.25) is 0 Å². The van der Waals surface area contributed by atoms with Crippen LogP contribution in [0.15, 0.2) is 28.8 Å². The van der Waals surface area contributed by atoms with Gasteiger partial charge in [0.15, 0.2) is 5.82 Å². The van der Waals surface area contributed by atoms with E-state index in [1.165, 1.54) is 0 Å². The Bertz CT molecular complexity index is 627. The number of hydrogen-bond acceptors (Lipinski definition) is 6. The Labute approximate surface area is 129 Å². The summed E-state index contributed by atoms with van der Waals surface area (Å²) < 4.78 is 10.3. The lowest BCUT2D eigenvalue weighted by Crippen LogP contribution is -2.34. The van der Waals surface area contributed by atoms with Crippen LogP contribution in [0.25, 0.3) is 0 Å². The third-order valence-corrected chi connectivity index (χ3v) is 3.06. The van der Waals surface area contributed by atoms with Gasteiger partial charge in [-0.05, 0) is 20.0 Å². The number of ether oxygens (including phenoxy) is 1. The van der Waals surface area contributed by atoms with Gasteiger partial charge in [-0.15, -0.1) is 0 Å². The van der Waals surface area contributed by atoms with E-state index in [2.05, 4.69) is 15.5 Å². The molecule has 0 radical (unpaired) electrons. The van der Waals surface area contributed by atoms with Crippen molar-refractivity contribution in [1.82, 2.24) is 20.4 Å². The lowest BCUT2D eigenvalue weighted by atomic mass is 10.2. The summed E-state index contributed by atoms with van der Waals surface area (Å²) in [5, 5.41) is 6.59. The lowest BCUT2D eigenvalue weighted by molar-refractivity contribution is -0.122. The Morgan fingerprint density at radius 1 is 1.41 bits per heavy atom. The molecule has 0 spiro atoms. The maximum atomic E-state index is 12.0. The summed E-state index contributed by atoms with van der Waals surface area (Å²) in [6, 6.07) is 7.59. The van der Waals surface area contributed by atoms with Crippen molar-refractivity contribution in [2.24, 2.45) is 0 Å². The second-order valence-corrected chi connectivity index (χ2v) is 5.00. The van der Waals surface area contributed by atoms with Gasteiger partial charge in [0.25, 0.3) is 0 Å². The third-order valence-electron chi connectivity index (χ3n) is 3.06. The Hall–Kier alpha value is -2.41. The van der Waals surface area contributed by atoms with Gasteiger partial charge in [0.1, 0.15) is 5.75 Å². The highest BCUT2D eigenvalue weighted by molar-refractivity contribution is 5.78. The van der Waals surface area contributed by atoms with E-state index in [-0.39, 0.29) is 12.5 Å². The van der Waals surface area contributed by atoms with E-state index in [0.29, 0.717) is 24.8 Å². The van der Waals surface area contributed by atoms with E-state index in [9.17, 15) is 4.79 Å². The minimum absolute atomic E-state index is 0.0790. The number of amides is 1. The Morgan fingerprint density at radius 2 is 2.18 bits per heavy atom. The van der Waals surface area contributed by atoms with Gasteiger partial charge in [-0.1, -0.05) is 23.4 Å². The van der Waals surface area contributed by atoms with Crippen LogP contribution >= 0.6 is 0 Å². The van der Waals surface area contributed by atoms with Crippen molar-refractivity contribution in [1.29, 1.82) is 0 Å². The molecule has 7 nitrogen and oxygen atoms in total. The quantitative estimate of drug-likeness (QED) is 0.826. The molecule has 2 aromatic rings. The smallest absolute Gasteiger partial charge is 0.240 e. The average molecular weight is 304 g/mol. The molecule has 22 heavy (non-hydrogen) atoms. The minimum atomic E-state index is -0.0790. The second kappa shape index (κ2) is 7.56. The van der Waals surface area contributed by atoms with Gasteiger partial charge >= 0.3 is 0 Å². The highest BCUT2D eigenvalue weighted by atomic mass is 16.5. The van der Waals surface area contributed by atoms with E-state index < -0.39 is 0 Å². The molecule has 1 amide bonds. The standard InChI is InChI=1S/C15H20N4O3/c1-11-17-15(22-18-11)10-19(2)9-14(20)16-8-12-6-4-5-7-13(12)21-3/h4-7H,8-10H2,1-3H3,(H,16,20). The summed E-state index contributed by atoms with van der Waals surface area (Å²) in [5.41, 5.74) is 0.938. The van der Waals surface area contributed by atoms with Crippen LogP contribution in [0.1, 0.15) is 17.3 Å². The maximum absolute atomic E-state index is 12.0. The number of carbonyl (C=O) groups excluding carboxylic acids is 1. The number of para-hydroxylation sites is 1. The van der Waals surface area contributed by atoms with Crippen LogP contribution in [0.4, 0.5) is 0 Å². The van der Waals surface area contributed by atoms with Gasteiger partial charge < -0.3 is 14.6 Å². The van der Waals surface area contributed by atoms with Gasteiger partial charge in [0, 0.05) is 12.1 Å². The molecule has 1 N–H and O–H groups in total. The average Bonchev–Trinajstić information content (AvgIpc) is 2.90. The van der Waals surface area contributed by atoms with E-state index in [1.807, 2.05) is 36.2 Å². The third kappa shape index (κ3) is 4.56. The molecule has 0 saturated heterocycles. The highest BCUT2D eigenvalue weighted by Gasteiger charge is 2.11. The molecule has 0 saturated carbocycles. The molecule has 0 aliphatic rings. The first-order chi connectivity index (χ1) is 10.6. The van der Waals surface area contributed by atoms with E-state index >= 15 is 0 Å². The molecule has 0 unspecified atom stereocenters. The van der Waals surface area contributed by atoms with E-state index in [0.717, 1.165) is 11.3 Å². The van der Waals surface area contributed by atoms with Crippen LogP contribution in [-0.2, 0) is 17.9 Å². The SMILES string of the molecule is COc1ccccc1CNC(=O)CN(C)Cc1nc(C)no1. The molecule has 1 aromatic carbocycles. The molecule has 1 aromatic heterocycles. The fraction of sp³-hybridized carbons (Fsp3) is 0.400. The largest absolute Gasteiger partial charge is 0.496 e. The lowest BCUT2D eigenvalue weighted by Gasteiger charge is -2.14. The van der Waals surface area contributed by atoms with Gasteiger partial charge in [-0.25, -0.2) is 0 Å². The number of aromatic nitrogens is 2. The normalized spacial score (nSPS) is 10.7. The van der Waals surface area contributed by atoms with Crippen LogP contribution in [-0.4, -0.2) is 41.6 Å². The predicted molar refractivity (Wildman–Crippen MR) is 80.2 cm³/mol. The predicted octanol–water partition coefficient (Wildman–Crippen LogP) is 1.13. The van der Waals surface area contributed by atoms with Gasteiger partial charge in [-0.2, -0.15) is 4.98 Å². The van der Waals surface area contributed by atoms with Crippen molar-refractivity contribution in [3.8, 4) is 5.75 Å². The van der Waals surface area contributed by atoms with Crippen molar-refractivity contribution >= 4 is 5.91 Å². The molecule has 0 aliphatic heterocycles. The summed E-state index contributed by atoms with van der Waals surface area (Å²) >= 11 is 0. The van der Waals surface area contributed by atoms with Gasteiger partial charge in [0.05, 0.1) is 20.2 Å². The van der Waals surface area contributed by atoms with Crippen molar-refractivity contribution in [3.63, 3.8) is 0 Å². The van der Waals surface area contributed by atoms with Crippen LogP contribution in [0.5, 0.6) is 5.75 Å².